The number of para-hydroxylation sites is 2. The smallest absolute Gasteiger partial charge is 0.277 e. The summed E-state index contributed by atoms with van der Waals surface area (Å²) in [4.78, 5) is 23.3. The number of amides is 2. The van der Waals surface area contributed by atoms with E-state index >= 15 is 0 Å². The van der Waals surface area contributed by atoms with Crippen LogP contribution in [0.2, 0.25) is 0 Å². The number of benzene rings is 2. The van der Waals surface area contributed by atoms with E-state index in [2.05, 4.69) is 21.1 Å². The van der Waals surface area contributed by atoms with Gasteiger partial charge in [-0.15, -0.1) is 0 Å². The number of rotatable bonds is 9. The maximum absolute atomic E-state index is 11.6. The molecule has 8 heteroatoms. The first-order valence-corrected chi connectivity index (χ1v) is 8.55. The summed E-state index contributed by atoms with van der Waals surface area (Å²) in [5.74, 6) is 0.449. The molecule has 0 aliphatic rings. The van der Waals surface area contributed by atoms with Crippen molar-refractivity contribution in [2.75, 3.05) is 13.2 Å². The lowest BCUT2D eigenvalue weighted by Gasteiger charge is -2.07. The maximum atomic E-state index is 11.6. The Morgan fingerprint density at radius 3 is 1.57 bits per heavy atom. The molecule has 2 amide bonds. The first-order chi connectivity index (χ1) is 13.6. The normalized spacial score (nSPS) is 10.8. The Labute approximate surface area is 163 Å². The predicted octanol–water partition coefficient (Wildman–Crippen LogP) is 1.97. The van der Waals surface area contributed by atoms with Crippen LogP contribution in [0.5, 0.6) is 11.5 Å². The van der Waals surface area contributed by atoms with Crippen molar-refractivity contribution in [3.05, 3.63) is 59.7 Å². The third kappa shape index (κ3) is 7.28. The number of ether oxygens (including phenoxy) is 2. The largest absolute Gasteiger partial charge is 0.483 e. The molecule has 0 aliphatic carbocycles. The predicted molar refractivity (Wildman–Crippen MR) is 107 cm³/mol. The third-order valence-electron chi connectivity index (χ3n) is 3.50. The fraction of sp³-hybridized carbons (Fsp3) is 0.200. The Kier molecular flexibility index (Phi) is 8.19. The van der Waals surface area contributed by atoms with Crippen molar-refractivity contribution >= 4 is 24.2 Å². The van der Waals surface area contributed by atoms with E-state index in [1.54, 1.807) is 12.1 Å². The number of carbonyl (C=O) groups excluding carboxylic acids is 2. The molecule has 8 nitrogen and oxygen atoms in total. The van der Waals surface area contributed by atoms with Crippen molar-refractivity contribution in [1.29, 1.82) is 0 Å². The Morgan fingerprint density at radius 1 is 0.786 bits per heavy atom. The lowest BCUT2D eigenvalue weighted by atomic mass is 10.2. The molecule has 0 unspecified atom stereocenters. The zero-order chi connectivity index (χ0) is 20.2. The van der Waals surface area contributed by atoms with E-state index < -0.39 is 11.8 Å². The van der Waals surface area contributed by atoms with E-state index in [1.165, 1.54) is 12.4 Å². The van der Waals surface area contributed by atoms with Gasteiger partial charge in [0.15, 0.2) is 13.2 Å². The molecule has 0 radical (unpaired) electrons. The molecule has 0 spiro atoms. The summed E-state index contributed by atoms with van der Waals surface area (Å²) in [6, 6.07) is 14.8. The van der Waals surface area contributed by atoms with Gasteiger partial charge < -0.3 is 9.47 Å². The van der Waals surface area contributed by atoms with Gasteiger partial charge in [-0.1, -0.05) is 36.4 Å². The maximum Gasteiger partial charge on any atom is 0.277 e. The highest BCUT2D eigenvalue weighted by Gasteiger charge is 2.04. The average molecular weight is 382 g/mol. The lowest BCUT2D eigenvalue weighted by molar-refractivity contribution is -0.123. The van der Waals surface area contributed by atoms with E-state index in [-0.39, 0.29) is 13.2 Å². The van der Waals surface area contributed by atoms with Crippen molar-refractivity contribution in [1.82, 2.24) is 10.9 Å². The number of aryl methyl sites for hydroxylation is 2. The van der Waals surface area contributed by atoms with Gasteiger partial charge in [-0.05, 0) is 37.1 Å². The van der Waals surface area contributed by atoms with Crippen LogP contribution in [0.4, 0.5) is 0 Å². The summed E-state index contributed by atoms with van der Waals surface area (Å²) in [5, 5.41) is 7.34. The molecule has 0 aliphatic heterocycles. The molecule has 2 rings (SSSR count). The van der Waals surface area contributed by atoms with Crippen LogP contribution in [0.25, 0.3) is 0 Å². The summed E-state index contributed by atoms with van der Waals surface area (Å²) in [6.45, 7) is 3.46. The number of hydrogen-bond donors (Lipinski definition) is 2. The van der Waals surface area contributed by atoms with Crippen molar-refractivity contribution in [3.63, 3.8) is 0 Å². The van der Waals surface area contributed by atoms with Gasteiger partial charge in [0.1, 0.15) is 11.5 Å². The summed E-state index contributed by atoms with van der Waals surface area (Å²) in [7, 11) is 0. The highest BCUT2D eigenvalue weighted by Crippen LogP contribution is 2.16. The Balaban J connectivity index is 1.62. The van der Waals surface area contributed by atoms with Gasteiger partial charge in [0.2, 0.25) is 0 Å². The highest BCUT2D eigenvalue weighted by atomic mass is 16.5. The fourth-order valence-electron chi connectivity index (χ4n) is 2.07. The number of hydrazone groups is 2. The van der Waals surface area contributed by atoms with Gasteiger partial charge >= 0.3 is 0 Å². The minimum atomic E-state index is -0.413. The lowest BCUT2D eigenvalue weighted by Crippen LogP contribution is -2.25. The average Bonchev–Trinajstić information content (AvgIpc) is 2.69. The molecular formula is C20H22N4O4. The SMILES string of the molecule is Cc1ccccc1OCC(=O)N/N=C\C=N\NC(=O)COc1ccccc1C. The zero-order valence-electron chi connectivity index (χ0n) is 15.7. The minimum absolute atomic E-state index is 0.160. The van der Waals surface area contributed by atoms with Crippen LogP contribution in [0.15, 0.2) is 58.7 Å². The van der Waals surface area contributed by atoms with Crippen LogP contribution in [0, 0.1) is 13.8 Å². The molecule has 2 aromatic carbocycles. The summed E-state index contributed by atoms with van der Waals surface area (Å²) >= 11 is 0. The van der Waals surface area contributed by atoms with Crippen molar-refractivity contribution < 1.29 is 19.1 Å². The van der Waals surface area contributed by atoms with Gasteiger partial charge in [-0.3, -0.25) is 9.59 Å². The summed E-state index contributed by atoms with van der Waals surface area (Å²) in [6.07, 6.45) is 2.46. The van der Waals surface area contributed by atoms with Crippen molar-refractivity contribution in [3.8, 4) is 11.5 Å². The molecule has 0 saturated heterocycles. The highest BCUT2D eigenvalue weighted by molar-refractivity contribution is 6.16. The van der Waals surface area contributed by atoms with Crippen LogP contribution in [-0.4, -0.2) is 37.5 Å². The molecule has 146 valence electrons. The van der Waals surface area contributed by atoms with Crippen molar-refractivity contribution in [2.45, 2.75) is 13.8 Å². The molecule has 2 N–H and O–H groups in total. The number of nitrogens with zero attached hydrogens (tertiary/aromatic N) is 2. The molecular weight excluding hydrogens is 360 g/mol. The van der Waals surface area contributed by atoms with Crippen molar-refractivity contribution in [2.24, 2.45) is 10.2 Å². The van der Waals surface area contributed by atoms with Gasteiger partial charge in [0.05, 0.1) is 12.4 Å². The molecule has 28 heavy (non-hydrogen) atoms. The second-order valence-corrected chi connectivity index (χ2v) is 5.73. The van der Waals surface area contributed by atoms with Gasteiger partial charge in [0.25, 0.3) is 11.8 Å². The Bertz CT molecular complexity index is 793. The van der Waals surface area contributed by atoms with Crippen LogP contribution in [-0.2, 0) is 9.59 Å². The number of nitrogens with one attached hydrogen (secondary N) is 2. The van der Waals surface area contributed by atoms with Crippen LogP contribution < -0.4 is 20.3 Å². The van der Waals surface area contributed by atoms with Crippen LogP contribution in [0.1, 0.15) is 11.1 Å². The third-order valence-corrected chi connectivity index (χ3v) is 3.50. The van der Waals surface area contributed by atoms with E-state index in [4.69, 9.17) is 9.47 Å². The zero-order valence-corrected chi connectivity index (χ0v) is 15.7. The van der Waals surface area contributed by atoms with E-state index in [1.807, 2.05) is 50.2 Å². The standard InChI is InChI=1S/C20H22N4O4/c1-15-7-3-5-9-17(15)27-13-19(25)23-21-11-12-22-24-20(26)14-28-18-10-6-4-8-16(18)2/h3-12H,13-14H2,1-2H3,(H,23,25)(H,24,26)/b21-11-,22-12+. The van der Waals surface area contributed by atoms with Gasteiger partial charge in [-0.2, -0.15) is 10.2 Å². The van der Waals surface area contributed by atoms with E-state index in [0.717, 1.165) is 11.1 Å². The second kappa shape index (κ2) is 11.1. The Morgan fingerprint density at radius 2 is 1.18 bits per heavy atom. The quantitative estimate of drug-likeness (QED) is 0.511. The first-order valence-electron chi connectivity index (χ1n) is 8.55. The number of hydrogen-bond acceptors (Lipinski definition) is 6. The van der Waals surface area contributed by atoms with E-state index in [9.17, 15) is 9.59 Å². The molecule has 0 saturated carbocycles. The summed E-state index contributed by atoms with van der Waals surface area (Å²) in [5.41, 5.74) is 6.46. The van der Waals surface area contributed by atoms with Crippen LogP contribution >= 0.6 is 0 Å². The fourth-order valence-corrected chi connectivity index (χ4v) is 2.07. The number of carbonyl (C=O) groups is 2. The molecule has 0 aromatic heterocycles. The molecule has 0 heterocycles. The minimum Gasteiger partial charge on any atom is -0.483 e. The second-order valence-electron chi connectivity index (χ2n) is 5.73. The Hall–Kier alpha value is -3.68. The molecule has 0 atom stereocenters. The van der Waals surface area contributed by atoms with Gasteiger partial charge in [-0.25, -0.2) is 10.9 Å². The molecule has 2 aromatic rings. The molecule has 0 fully saturated rings. The van der Waals surface area contributed by atoms with E-state index in [0.29, 0.717) is 11.5 Å². The van der Waals surface area contributed by atoms with Gasteiger partial charge in [0, 0.05) is 0 Å². The monoisotopic (exact) mass is 382 g/mol. The first kappa shape index (κ1) is 20.6. The summed E-state index contributed by atoms with van der Waals surface area (Å²) < 4.78 is 10.8. The molecule has 0 bridgehead atoms. The topological polar surface area (TPSA) is 101 Å². The van der Waals surface area contributed by atoms with Crippen LogP contribution in [0.3, 0.4) is 0 Å².